The molecule has 1 aromatic carbocycles. The molecular weight excluding hydrogens is 210 g/mol. The lowest BCUT2D eigenvalue weighted by Gasteiger charge is -1.96. The Morgan fingerprint density at radius 3 is 2.82 bits per heavy atom. The third-order valence-corrected chi connectivity index (χ3v) is 2.20. The van der Waals surface area contributed by atoms with E-state index in [-0.39, 0.29) is 5.69 Å². The molecule has 0 aliphatic heterocycles. The highest BCUT2D eigenvalue weighted by Gasteiger charge is 2.11. The number of hydrogen-bond donors (Lipinski definition) is 0. The van der Waals surface area contributed by atoms with E-state index >= 15 is 0 Å². The molecule has 0 amide bonds. The fourth-order valence-corrected chi connectivity index (χ4v) is 1.05. The molecule has 0 heterocycles. The largest absolute Gasteiger partial charge is 0.281 e. The minimum atomic E-state index is -0.444. The Kier molecular flexibility index (Phi) is 2.24. The smallest absolute Gasteiger partial charge is 0.258 e. The van der Waals surface area contributed by atoms with E-state index in [4.69, 9.17) is 0 Å². The minimum absolute atomic E-state index is 0.0272. The standard InChI is InChI=1S/C7H5BrNO2/c1-5-6(8)3-2-4-7(5)9(10)11/h2-3H,1H3. The quantitative estimate of drug-likeness (QED) is 0.533. The van der Waals surface area contributed by atoms with Crippen LogP contribution in [0.1, 0.15) is 5.56 Å². The van der Waals surface area contributed by atoms with Crippen LogP contribution in [0.4, 0.5) is 5.69 Å². The Morgan fingerprint density at radius 2 is 2.36 bits per heavy atom. The summed E-state index contributed by atoms with van der Waals surface area (Å²) >= 11 is 3.19. The zero-order valence-corrected chi connectivity index (χ0v) is 7.38. The van der Waals surface area contributed by atoms with Crippen LogP contribution in [-0.4, -0.2) is 4.92 Å². The molecular formula is C7H5BrNO2. The van der Waals surface area contributed by atoms with Gasteiger partial charge in [0.25, 0.3) is 5.69 Å². The summed E-state index contributed by atoms with van der Waals surface area (Å²) in [6, 6.07) is 5.80. The third-order valence-electron chi connectivity index (χ3n) is 1.35. The molecule has 0 spiro atoms. The van der Waals surface area contributed by atoms with Crippen LogP contribution < -0.4 is 0 Å². The summed E-state index contributed by atoms with van der Waals surface area (Å²) in [4.78, 5) is 9.88. The van der Waals surface area contributed by atoms with Gasteiger partial charge in [0.15, 0.2) is 0 Å². The van der Waals surface area contributed by atoms with Crippen LogP contribution in [0.5, 0.6) is 0 Å². The highest BCUT2D eigenvalue weighted by molar-refractivity contribution is 9.10. The van der Waals surface area contributed by atoms with Crippen molar-refractivity contribution in [1.82, 2.24) is 0 Å². The first-order valence-electron chi connectivity index (χ1n) is 2.94. The summed E-state index contributed by atoms with van der Waals surface area (Å²) in [7, 11) is 0. The van der Waals surface area contributed by atoms with Gasteiger partial charge in [-0.25, -0.2) is 0 Å². The third kappa shape index (κ3) is 1.57. The number of benzene rings is 1. The van der Waals surface area contributed by atoms with Gasteiger partial charge in [-0.2, -0.15) is 0 Å². The second-order valence-electron chi connectivity index (χ2n) is 2.06. The number of nitrogens with zero attached hydrogens (tertiary/aromatic N) is 1. The van der Waals surface area contributed by atoms with E-state index in [1.165, 1.54) is 6.07 Å². The topological polar surface area (TPSA) is 43.1 Å². The van der Waals surface area contributed by atoms with Gasteiger partial charge in [0.1, 0.15) is 0 Å². The van der Waals surface area contributed by atoms with Crippen molar-refractivity contribution >= 4 is 21.6 Å². The van der Waals surface area contributed by atoms with Crippen molar-refractivity contribution in [2.45, 2.75) is 6.92 Å². The monoisotopic (exact) mass is 214 g/mol. The summed E-state index contributed by atoms with van der Waals surface area (Å²) in [5, 5.41) is 10.3. The number of hydrogen-bond acceptors (Lipinski definition) is 2. The van der Waals surface area contributed by atoms with Crippen LogP contribution in [0, 0.1) is 23.1 Å². The first-order chi connectivity index (χ1) is 5.13. The number of nitro groups is 1. The molecule has 0 saturated heterocycles. The van der Waals surface area contributed by atoms with Gasteiger partial charge in [0.2, 0.25) is 0 Å². The van der Waals surface area contributed by atoms with Gasteiger partial charge in [-0.1, -0.05) is 15.9 Å². The van der Waals surface area contributed by atoms with E-state index in [9.17, 15) is 10.1 Å². The molecule has 57 valence electrons. The van der Waals surface area contributed by atoms with Crippen molar-refractivity contribution < 1.29 is 4.92 Å². The zero-order chi connectivity index (χ0) is 8.43. The average Bonchev–Trinajstić information content (AvgIpc) is 1.94. The molecule has 0 aromatic heterocycles. The van der Waals surface area contributed by atoms with Gasteiger partial charge in [-0.3, -0.25) is 10.1 Å². The van der Waals surface area contributed by atoms with Crippen LogP contribution >= 0.6 is 15.9 Å². The molecule has 0 aliphatic rings. The lowest BCUT2D eigenvalue weighted by atomic mass is 10.2. The zero-order valence-electron chi connectivity index (χ0n) is 5.80. The van der Waals surface area contributed by atoms with E-state index in [1.54, 1.807) is 13.0 Å². The number of nitro benzene ring substituents is 1. The molecule has 0 fully saturated rings. The van der Waals surface area contributed by atoms with E-state index in [0.29, 0.717) is 5.56 Å². The molecule has 1 radical (unpaired) electrons. The fourth-order valence-electron chi connectivity index (χ4n) is 0.730. The first kappa shape index (κ1) is 8.20. The summed E-state index contributed by atoms with van der Waals surface area (Å²) in [6.07, 6.45) is 0. The fraction of sp³-hybridized carbons (Fsp3) is 0.143. The van der Waals surface area contributed by atoms with Crippen molar-refractivity contribution in [3.8, 4) is 0 Å². The summed E-state index contributed by atoms with van der Waals surface area (Å²) in [5.41, 5.74) is 0.636. The van der Waals surface area contributed by atoms with Crippen molar-refractivity contribution in [2.24, 2.45) is 0 Å². The second-order valence-corrected chi connectivity index (χ2v) is 2.91. The van der Waals surface area contributed by atoms with E-state index in [1.807, 2.05) is 0 Å². The maximum absolute atomic E-state index is 10.3. The van der Waals surface area contributed by atoms with Gasteiger partial charge in [-0.15, -0.1) is 0 Å². The first-order valence-corrected chi connectivity index (χ1v) is 3.73. The summed E-state index contributed by atoms with van der Waals surface area (Å²) in [5.74, 6) is 0. The maximum atomic E-state index is 10.3. The van der Waals surface area contributed by atoms with Gasteiger partial charge in [0, 0.05) is 10.0 Å². The van der Waals surface area contributed by atoms with Crippen LogP contribution in [0.3, 0.4) is 0 Å². The van der Waals surface area contributed by atoms with Crippen LogP contribution in [0.15, 0.2) is 16.6 Å². The van der Waals surface area contributed by atoms with Crippen LogP contribution in [-0.2, 0) is 0 Å². The molecule has 1 rings (SSSR count). The van der Waals surface area contributed by atoms with Gasteiger partial charge < -0.3 is 0 Å². The van der Waals surface area contributed by atoms with Crippen LogP contribution in [0.2, 0.25) is 0 Å². The van der Waals surface area contributed by atoms with Gasteiger partial charge >= 0.3 is 0 Å². The van der Waals surface area contributed by atoms with Crippen molar-refractivity contribution in [3.63, 3.8) is 0 Å². The maximum Gasteiger partial charge on any atom is 0.281 e. The van der Waals surface area contributed by atoms with Crippen molar-refractivity contribution in [1.29, 1.82) is 0 Å². The summed E-state index contributed by atoms with van der Waals surface area (Å²) < 4.78 is 0.739. The van der Waals surface area contributed by atoms with Crippen LogP contribution in [0.25, 0.3) is 0 Å². The van der Waals surface area contributed by atoms with E-state index in [2.05, 4.69) is 22.0 Å². The minimum Gasteiger partial charge on any atom is -0.258 e. The molecule has 0 atom stereocenters. The van der Waals surface area contributed by atoms with E-state index in [0.717, 1.165) is 4.47 Å². The normalized spacial score (nSPS) is 9.64. The molecule has 11 heavy (non-hydrogen) atoms. The second kappa shape index (κ2) is 3.00. The Balaban J connectivity index is 3.27. The molecule has 0 bridgehead atoms. The Hall–Kier alpha value is -0.900. The van der Waals surface area contributed by atoms with E-state index < -0.39 is 4.92 Å². The Labute approximate surface area is 72.3 Å². The highest BCUT2D eigenvalue weighted by atomic mass is 79.9. The Bertz CT molecular complexity index is 298. The predicted octanol–water partition coefficient (Wildman–Crippen LogP) is 2.47. The van der Waals surface area contributed by atoms with Gasteiger partial charge in [-0.05, 0) is 19.1 Å². The molecule has 0 N–H and O–H groups in total. The predicted molar refractivity (Wildman–Crippen MR) is 44.4 cm³/mol. The average molecular weight is 215 g/mol. The van der Waals surface area contributed by atoms with Crippen molar-refractivity contribution in [3.05, 3.63) is 38.3 Å². The lowest BCUT2D eigenvalue weighted by molar-refractivity contribution is -0.385. The Morgan fingerprint density at radius 1 is 1.73 bits per heavy atom. The molecule has 4 heteroatoms. The molecule has 0 saturated carbocycles. The highest BCUT2D eigenvalue weighted by Crippen LogP contribution is 2.24. The van der Waals surface area contributed by atoms with Crippen molar-refractivity contribution in [2.75, 3.05) is 0 Å². The number of halogens is 1. The van der Waals surface area contributed by atoms with Gasteiger partial charge in [0.05, 0.1) is 11.0 Å². The lowest BCUT2D eigenvalue weighted by Crippen LogP contribution is -1.91. The molecule has 0 aliphatic carbocycles. The molecule has 1 aromatic rings. The number of rotatable bonds is 1. The SMILES string of the molecule is Cc1c([N+](=O)[O-])[c]ccc1Br. The summed E-state index contributed by atoms with van der Waals surface area (Å²) in [6.45, 7) is 1.68. The molecule has 0 unspecified atom stereocenters. The molecule has 3 nitrogen and oxygen atoms in total.